The summed E-state index contributed by atoms with van der Waals surface area (Å²) >= 11 is 4.74. The maximum atomic E-state index is 13.7. The van der Waals surface area contributed by atoms with E-state index in [4.69, 9.17) is 4.74 Å². The number of fused-ring (bicyclic) bond motifs is 1. The Morgan fingerprint density at radius 1 is 1.26 bits per heavy atom. The van der Waals surface area contributed by atoms with Crippen LogP contribution in [0.15, 0.2) is 40.4 Å². The molecule has 0 atom stereocenters. The molecule has 2 heterocycles. The summed E-state index contributed by atoms with van der Waals surface area (Å²) < 4.78 is 20.0. The summed E-state index contributed by atoms with van der Waals surface area (Å²) in [5.41, 5.74) is 0.491. The average Bonchev–Trinajstić information content (AvgIpc) is 2.86. The molecule has 0 unspecified atom stereocenters. The lowest BCUT2D eigenvalue weighted by molar-refractivity contribution is 0.291. The third-order valence-electron chi connectivity index (χ3n) is 2.60. The Balaban J connectivity index is 1.84. The number of ether oxygens (including phenoxy) is 1. The first kappa shape index (κ1) is 12.5. The van der Waals surface area contributed by atoms with Crippen LogP contribution in [0.4, 0.5) is 4.39 Å². The van der Waals surface area contributed by atoms with E-state index in [1.807, 2.05) is 11.4 Å². The number of halogens is 2. The van der Waals surface area contributed by atoms with Gasteiger partial charge in [-0.2, -0.15) is 0 Å². The molecule has 96 valence electrons. The van der Waals surface area contributed by atoms with E-state index >= 15 is 0 Å². The fraction of sp³-hybridized carbons (Fsp3) is 0.0769. The lowest BCUT2D eigenvalue weighted by Crippen LogP contribution is -2.00. The van der Waals surface area contributed by atoms with Gasteiger partial charge in [0.15, 0.2) is 0 Å². The maximum Gasteiger partial charge on any atom is 0.225 e. The van der Waals surface area contributed by atoms with Crippen LogP contribution in [-0.4, -0.2) is 9.97 Å². The Hall–Kier alpha value is -1.53. The monoisotopic (exact) mass is 338 g/mol. The first-order valence-corrected chi connectivity index (χ1v) is 7.16. The highest BCUT2D eigenvalue weighted by molar-refractivity contribution is 9.10. The molecule has 0 aliphatic carbocycles. The highest BCUT2D eigenvalue weighted by Gasteiger charge is 2.08. The molecule has 0 aliphatic rings. The van der Waals surface area contributed by atoms with Crippen molar-refractivity contribution in [3.8, 4) is 5.88 Å². The molecule has 3 nitrogen and oxygen atoms in total. The Morgan fingerprint density at radius 3 is 3.00 bits per heavy atom. The van der Waals surface area contributed by atoms with Crippen molar-refractivity contribution in [2.24, 2.45) is 0 Å². The van der Waals surface area contributed by atoms with E-state index in [-0.39, 0.29) is 12.4 Å². The molecule has 3 rings (SSSR count). The van der Waals surface area contributed by atoms with Gasteiger partial charge in [0.1, 0.15) is 23.6 Å². The number of aromatic nitrogens is 2. The molecule has 0 bridgehead atoms. The van der Waals surface area contributed by atoms with Gasteiger partial charge in [0.05, 0.1) is 5.39 Å². The van der Waals surface area contributed by atoms with Crippen molar-refractivity contribution in [3.05, 3.63) is 51.8 Å². The van der Waals surface area contributed by atoms with Gasteiger partial charge in [-0.3, -0.25) is 0 Å². The second kappa shape index (κ2) is 5.22. The lowest BCUT2D eigenvalue weighted by Gasteiger charge is -2.07. The summed E-state index contributed by atoms with van der Waals surface area (Å²) in [5.74, 6) is 0.179. The van der Waals surface area contributed by atoms with E-state index in [2.05, 4.69) is 25.9 Å². The summed E-state index contributed by atoms with van der Waals surface area (Å²) in [6, 6.07) is 6.78. The fourth-order valence-corrected chi connectivity index (χ4v) is 2.72. The Labute approximate surface area is 121 Å². The van der Waals surface area contributed by atoms with Gasteiger partial charge < -0.3 is 4.74 Å². The molecular weight excluding hydrogens is 331 g/mol. The highest BCUT2D eigenvalue weighted by Crippen LogP contribution is 2.26. The standard InChI is InChI=1S/C13H8BrFN2OS/c14-9-2-1-8(11(15)5-9)6-18-12-10-3-4-19-13(10)17-7-16-12/h1-5,7H,6H2. The minimum Gasteiger partial charge on any atom is -0.472 e. The third-order valence-corrected chi connectivity index (χ3v) is 3.92. The molecule has 0 amide bonds. The van der Waals surface area contributed by atoms with Gasteiger partial charge in [0, 0.05) is 10.0 Å². The molecule has 0 aliphatic heterocycles. The Bertz CT molecular complexity index is 731. The molecule has 0 saturated heterocycles. The van der Waals surface area contributed by atoms with Crippen LogP contribution < -0.4 is 4.74 Å². The second-order valence-corrected chi connectivity index (χ2v) is 5.65. The smallest absolute Gasteiger partial charge is 0.225 e. The van der Waals surface area contributed by atoms with Gasteiger partial charge in [-0.1, -0.05) is 22.0 Å². The normalized spacial score (nSPS) is 10.8. The summed E-state index contributed by atoms with van der Waals surface area (Å²) in [6.45, 7) is 0.140. The van der Waals surface area contributed by atoms with E-state index in [1.54, 1.807) is 12.1 Å². The van der Waals surface area contributed by atoms with Gasteiger partial charge in [0.2, 0.25) is 5.88 Å². The molecule has 0 saturated carbocycles. The zero-order valence-electron chi connectivity index (χ0n) is 9.64. The van der Waals surface area contributed by atoms with Crippen LogP contribution in [0.25, 0.3) is 10.2 Å². The maximum absolute atomic E-state index is 13.7. The summed E-state index contributed by atoms with van der Waals surface area (Å²) in [4.78, 5) is 9.08. The Morgan fingerprint density at radius 2 is 2.16 bits per heavy atom. The van der Waals surface area contributed by atoms with Gasteiger partial charge >= 0.3 is 0 Å². The number of hydrogen-bond donors (Lipinski definition) is 0. The Kier molecular flexibility index (Phi) is 3.44. The minimum atomic E-state index is -0.301. The molecule has 19 heavy (non-hydrogen) atoms. The van der Waals surface area contributed by atoms with Crippen LogP contribution in [0.5, 0.6) is 5.88 Å². The topological polar surface area (TPSA) is 35.0 Å². The van der Waals surface area contributed by atoms with Crippen molar-refractivity contribution in [2.75, 3.05) is 0 Å². The number of rotatable bonds is 3. The van der Waals surface area contributed by atoms with Gasteiger partial charge in [-0.25, -0.2) is 14.4 Å². The predicted octanol–water partition coefficient (Wildman–Crippen LogP) is 4.17. The van der Waals surface area contributed by atoms with E-state index in [9.17, 15) is 4.39 Å². The zero-order valence-corrected chi connectivity index (χ0v) is 12.0. The number of benzene rings is 1. The van der Waals surface area contributed by atoms with Crippen LogP contribution in [0.2, 0.25) is 0 Å². The first-order chi connectivity index (χ1) is 9.24. The molecule has 0 spiro atoms. The van der Waals surface area contributed by atoms with E-state index in [0.717, 1.165) is 10.2 Å². The van der Waals surface area contributed by atoms with E-state index < -0.39 is 0 Å². The van der Waals surface area contributed by atoms with Crippen LogP contribution in [0.1, 0.15) is 5.56 Å². The van der Waals surface area contributed by atoms with E-state index in [0.29, 0.717) is 15.9 Å². The highest BCUT2D eigenvalue weighted by atomic mass is 79.9. The average molecular weight is 339 g/mol. The van der Waals surface area contributed by atoms with E-state index in [1.165, 1.54) is 23.7 Å². The van der Waals surface area contributed by atoms with Gasteiger partial charge in [-0.15, -0.1) is 11.3 Å². The van der Waals surface area contributed by atoms with Crippen molar-refractivity contribution in [2.45, 2.75) is 6.61 Å². The molecule has 6 heteroatoms. The molecule has 0 radical (unpaired) electrons. The SMILES string of the molecule is Fc1cc(Br)ccc1COc1ncnc2sccc12. The van der Waals surface area contributed by atoms with Gasteiger partial charge in [0.25, 0.3) is 0 Å². The number of hydrogen-bond acceptors (Lipinski definition) is 4. The van der Waals surface area contributed by atoms with Crippen LogP contribution >= 0.6 is 27.3 Å². The first-order valence-electron chi connectivity index (χ1n) is 5.49. The van der Waals surface area contributed by atoms with Crippen molar-refractivity contribution >= 4 is 37.5 Å². The molecule has 1 aromatic carbocycles. The molecular formula is C13H8BrFN2OS. The van der Waals surface area contributed by atoms with Crippen LogP contribution in [0.3, 0.4) is 0 Å². The summed E-state index contributed by atoms with van der Waals surface area (Å²) in [7, 11) is 0. The molecule has 3 aromatic rings. The van der Waals surface area contributed by atoms with Crippen molar-refractivity contribution in [1.29, 1.82) is 0 Å². The lowest BCUT2D eigenvalue weighted by atomic mass is 10.2. The van der Waals surface area contributed by atoms with Crippen molar-refractivity contribution < 1.29 is 9.13 Å². The fourth-order valence-electron chi connectivity index (χ4n) is 1.67. The van der Waals surface area contributed by atoms with Crippen molar-refractivity contribution in [3.63, 3.8) is 0 Å². The van der Waals surface area contributed by atoms with Crippen LogP contribution in [0, 0.1) is 5.82 Å². The second-order valence-electron chi connectivity index (χ2n) is 3.84. The quantitative estimate of drug-likeness (QED) is 0.718. The van der Waals surface area contributed by atoms with Crippen LogP contribution in [-0.2, 0) is 6.61 Å². The largest absolute Gasteiger partial charge is 0.472 e. The minimum absolute atomic E-state index is 0.140. The zero-order chi connectivity index (χ0) is 13.2. The molecule has 0 fully saturated rings. The van der Waals surface area contributed by atoms with Gasteiger partial charge in [-0.05, 0) is 23.6 Å². The molecule has 0 N–H and O–H groups in total. The number of nitrogens with zero attached hydrogens (tertiary/aromatic N) is 2. The summed E-state index contributed by atoms with van der Waals surface area (Å²) in [6.07, 6.45) is 1.45. The predicted molar refractivity (Wildman–Crippen MR) is 75.8 cm³/mol. The molecule has 2 aromatic heterocycles. The number of thiophene rings is 1. The van der Waals surface area contributed by atoms with Crippen molar-refractivity contribution in [1.82, 2.24) is 9.97 Å². The third kappa shape index (κ3) is 2.59. The summed E-state index contributed by atoms with van der Waals surface area (Å²) in [5, 5.41) is 2.77.